The van der Waals surface area contributed by atoms with Gasteiger partial charge in [0.05, 0.1) is 11.2 Å². The van der Waals surface area contributed by atoms with E-state index in [1.165, 1.54) is 10.1 Å². The van der Waals surface area contributed by atoms with Crippen LogP contribution < -0.4 is 22.5 Å². The van der Waals surface area contributed by atoms with E-state index in [1.807, 2.05) is 12.1 Å². The van der Waals surface area contributed by atoms with E-state index in [1.54, 1.807) is 35.9 Å². The van der Waals surface area contributed by atoms with Crippen molar-refractivity contribution in [2.75, 3.05) is 51.1 Å². The number of anilines is 1. The topological polar surface area (TPSA) is 143 Å². The number of hydrogen-bond acceptors (Lipinski definition) is 7. The molecule has 1 saturated carbocycles. The van der Waals surface area contributed by atoms with Crippen molar-refractivity contribution < 1.29 is 9.59 Å². The van der Waals surface area contributed by atoms with Gasteiger partial charge in [0.1, 0.15) is 5.82 Å². The lowest BCUT2D eigenvalue weighted by Gasteiger charge is -2.37. The highest BCUT2D eigenvalue weighted by molar-refractivity contribution is 5.89. The summed E-state index contributed by atoms with van der Waals surface area (Å²) in [6.07, 6.45) is 2.57. The van der Waals surface area contributed by atoms with Crippen molar-refractivity contribution in [1.29, 1.82) is 0 Å². The van der Waals surface area contributed by atoms with E-state index in [-0.39, 0.29) is 17.8 Å². The molecule has 3 unspecified atom stereocenters. The lowest BCUT2D eigenvalue weighted by atomic mass is 10.0. The van der Waals surface area contributed by atoms with Crippen molar-refractivity contribution in [1.82, 2.24) is 24.3 Å². The van der Waals surface area contributed by atoms with Crippen LogP contribution in [0.2, 0.25) is 0 Å². The smallest absolute Gasteiger partial charge is 0.338 e. The maximum absolute atomic E-state index is 12.7. The van der Waals surface area contributed by atoms with Crippen LogP contribution in [0.25, 0.3) is 5.69 Å². The number of piperidine rings is 1. The number of nitrogens with one attached hydrogen (secondary N) is 1. The van der Waals surface area contributed by atoms with Crippen molar-refractivity contribution in [2.24, 2.45) is 29.2 Å². The van der Waals surface area contributed by atoms with Crippen molar-refractivity contribution in [3.8, 4) is 5.69 Å². The molecule has 11 heteroatoms. The number of fused-ring (bicyclic) bond motifs is 1. The van der Waals surface area contributed by atoms with Crippen molar-refractivity contribution in [2.45, 2.75) is 38.8 Å². The fourth-order valence-electron chi connectivity index (χ4n) is 6.03. The van der Waals surface area contributed by atoms with Gasteiger partial charge in [0.15, 0.2) is 0 Å². The normalized spacial score (nSPS) is 23.9. The third kappa shape index (κ3) is 5.85. The molecule has 39 heavy (non-hydrogen) atoms. The standard InChI is InChI=1S/C28H40N8O3/c1-18(35-16-22-21(15-29)23(22)17-35)14-19-4-6-20(7-5-19)36-9-8-24(32-27(36)39)31-26(38)34-12-10-33(11-13-34)25(37)28(2,3)30/h4-9,18,21-23H,10-17,29-30H2,1-3H3,(H,31,32,38,39). The van der Waals surface area contributed by atoms with Crippen LogP contribution in [0.3, 0.4) is 0 Å². The van der Waals surface area contributed by atoms with Crippen LogP contribution in [-0.2, 0) is 11.2 Å². The molecule has 1 aromatic heterocycles. The highest BCUT2D eigenvalue weighted by Gasteiger charge is 2.55. The number of hydrogen-bond donors (Lipinski definition) is 3. The molecule has 3 amide bonds. The molecule has 2 aromatic rings. The van der Waals surface area contributed by atoms with E-state index >= 15 is 0 Å². The van der Waals surface area contributed by atoms with Gasteiger partial charge in [-0.2, -0.15) is 4.98 Å². The van der Waals surface area contributed by atoms with Gasteiger partial charge in [-0.25, -0.2) is 9.59 Å². The molecule has 0 bridgehead atoms. The molecule has 3 aliphatic rings. The number of aromatic nitrogens is 2. The Morgan fingerprint density at radius 2 is 1.67 bits per heavy atom. The molecule has 0 spiro atoms. The molecule has 5 N–H and O–H groups in total. The molecule has 3 heterocycles. The maximum Gasteiger partial charge on any atom is 0.354 e. The molecule has 1 aromatic carbocycles. The Balaban J connectivity index is 1.13. The molecular weight excluding hydrogens is 496 g/mol. The van der Waals surface area contributed by atoms with Crippen LogP contribution >= 0.6 is 0 Å². The maximum atomic E-state index is 12.7. The fraction of sp³-hybridized carbons (Fsp3) is 0.571. The van der Waals surface area contributed by atoms with Gasteiger partial charge in [0, 0.05) is 51.5 Å². The number of benzene rings is 1. The number of carbonyl (C=O) groups excluding carboxylic acids is 2. The summed E-state index contributed by atoms with van der Waals surface area (Å²) in [5, 5.41) is 2.70. The molecule has 5 rings (SSSR count). The first-order valence-electron chi connectivity index (χ1n) is 13.8. The zero-order valence-corrected chi connectivity index (χ0v) is 23.0. The average molecular weight is 537 g/mol. The highest BCUT2D eigenvalue weighted by Crippen LogP contribution is 2.51. The number of nitrogens with zero attached hydrogens (tertiary/aromatic N) is 5. The van der Waals surface area contributed by atoms with Crippen LogP contribution in [0.1, 0.15) is 26.3 Å². The summed E-state index contributed by atoms with van der Waals surface area (Å²) >= 11 is 0. The first-order valence-corrected chi connectivity index (χ1v) is 13.8. The van der Waals surface area contributed by atoms with E-state index in [2.05, 4.69) is 34.3 Å². The van der Waals surface area contributed by atoms with Gasteiger partial charge < -0.3 is 21.3 Å². The fourth-order valence-corrected chi connectivity index (χ4v) is 6.03. The summed E-state index contributed by atoms with van der Waals surface area (Å²) in [5.74, 6) is 2.36. The summed E-state index contributed by atoms with van der Waals surface area (Å²) in [6, 6.07) is 9.70. The monoisotopic (exact) mass is 536 g/mol. The molecular formula is C28H40N8O3. The first-order chi connectivity index (χ1) is 18.5. The van der Waals surface area contributed by atoms with Crippen molar-refractivity contribution >= 4 is 17.8 Å². The molecule has 210 valence electrons. The Bertz CT molecular complexity index is 1250. The van der Waals surface area contributed by atoms with Crippen LogP contribution in [-0.4, -0.2) is 93.6 Å². The summed E-state index contributed by atoms with van der Waals surface area (Å²) < 4.78 is 1.46. The molecule has 11 nitrogen and oxygen atoms in total. The third-order valence-electron chi connectivity index (χ3n) is 8.48. The van der Waals surface area contributed by atoms with Crippen LogP contribution in [0.15, 0.2) is 41.3 Å². The molecule has 0 radical (unpaired) electrons. The zero-order valence-electron chi connectivity index (χ0n) is 23.0. The Hall–Kier alpha value is -3.28. The minimum Gasteiger partial charge on any atom is -0.338 e. The predicted octanol–water partition coefficient (Wildman–Crippen LogP) is 0.713. The van der Waals surface area contributed by atoms with Gasteiger partial charge in [-0.1, -0.05) is 12.1 Å². The largest absolute Gasteiger partial charge is 0.354 e. The van der Waals surface area contributed by atoms with E-state index in [0.29, 0.717) is 32.2 Å². The minimum atomic E-state index is -0.945. The predicted molar refractivity (Wildman–Crippen MR) is 150 cm³/mol. The van der Waals surface area contributed by atoms with Gasteiger partial charge in [-0.3, -0.25) is 19.6 Å². The molecule has 1 aliphatic carbocycles. The lowest BCUT2D eigenvalue weighted by Crippen LogP contribution is -2.58. The number of piperazine rings is 1. The van der Waals surface area contributed by atoms with Gasteiger partial charge in [0.2, 0.25) is 5.91 Å². The Morgan fingerprint density at radius 3 is 2.23 bits per heavy atom. The van der Waals surface area contributed by atoms with Crippen molar-refractivity contribution in [3.05, 3.63) is 52.6 Å². The zero-order chi connectivity index (χ0) is 27.9. The van der Waals surface area contributed by atoms with Crippen LogP contribution in [0.5, 0.6) is 0 Å². The summed E-state index contributed by atoms with van der Waals surface area (Å²) in [7, 11) is 0. The van der Waals surface area contributed by atoms with E-state index in [0.717, 1.165) is 49.5 Å². The molecule has 2 aliphatic heterocycles. The average Bonchev–Trinajstić information content (AvgIpc) is 3.38. The van der Waals surface area contributed by atoms with Gasteiger partial charge in [-0.15, -0.1) is 0 Å². The number of nitrogens with two attached hydrogens (primary N) is 2. The van der Waals surface area contributed by atoms with Gasteiger partial charge in [0.25, 0.3) is 0 Å². The molecule has 3 atom stereocenters. The summed E-state index contributed by atoms with van der Waals surface area (Å²) in [6.45, 7) is 10.3. The Kier molecular flexibility index (Phi) is 7.49. The second-order valence-corrected chi connectivity index (χ2v) is 11.8. The third-order valence-corrected chi connectivity index (χ3v) is 8.48. The Labute approximate surface area is 229 Å². The highest BCUT2D eigenvalue weighted by atomic mass is 16.2. The van der Waals surface area contributed by atoms with Crippen molar-refractivity contribution in [3.63, 3.8) is 0 Å². The molecule has 2 saturated heterocycles. The number of urea groups is 1. The lowest BCUT2D eigenvalue weighted by molar-refractivity contribution is -0.137. The van der Waals surface area contributed by atoms with Gasteiger partial charge in [-0.05, 0) is 75.3 Å². The first kappa shape index (κ1) is 27.3. The number of carbonyl (C=O) groups is 2. The van der Waals surface area contributed by atoms with Crippen LogP contribution in [0.4, 0.5) is 10.6 Å². The number of rotatable bonds is 7. The van der Waals surface area contributed by atoms with Gasteiger partial charge >= 0.3 is 11.7 Å². The van der Waals surface area contributed by atoms with E-state index in [9.17, 15) is 14.4 Å². The summed E-state index contributed by atoms with van der Waals surface area (Å²) in [5.41, 5.74) is 12.3. The van der Waals surface area contributed by atoms with Crippen LogP contribution in [0, 0.1) is 17.8 Å². The molecule has 3 fully saturated rings. The second kappa shape index (κ2) is 10.7. The number of amides is 3. The van der Waals surface area contributed by atoms with E-state index in [4.69, 9.17) is 11.5 Å². The summed E-state index contributed by atoms with van der Waals surface area (Å²) in [4.78, 5) is 47.7. The van der Waals surface area contributed by atoms with E-state index < -0.39 is 11.2 Å². The number of likely N-dealkylation sites (tertiary alicyclic amines) is 1. The Morgan fingerprint density at radius 1 is 1.05 bits per heavy atom. The SMILES string of the molecule is CC(Cc1ccc(-n2ccc(NC(=O)N3CCN(C(=O)C(C)(C)N)CC3)nc2=O)cc1)N1CC2C(CN)C2C1. The minimum absolute atomic E-state index is 0.140. The quantitative estimate of drug-likeness (QED) is 0.473. The second-order valence-electron chi connectivity index (χ2n) is 11.8.